The highest BCUT2D eigenvalue weighted by Crippen LogP contribution is 2.45. The fourth-order valence-corrected chi connectivity index (χ4v) is 5.78. The summed E-state index contributed by atoms with van der Waals surface area (Å²) in [5.41, 5.74) is 6.59. The Kier molecular flexibility index (Phi) is 6.27. The standard InChI is InChI=1S/C28H26F4N6O3/c1-2-23(39)36-9-7-18-24-19(38(35-18)20-6-5-15(14-3-4-14)25(29)26(20)40)8-10-37(21(24)13-36)27(41)16-12-34-22(11-17(16)33)28(30,31)32/h2,5-6,11-12,14,21,40H,1,3-4,7-10,13H2,(H2,33,34)/t21-/m0/s1. The summed E-state index contributed by atoms with van der Waals surface area (Å²) in [6.45, 7) is 3.98. The lowest BCUT2D eigenvalue weighted by molar-refractivity contribution is -0.141. The van der Waals surface area contributed by atoms with Crippen LogP contribution in [-0.4, -0.2) is 61.1 Å². The number of halogens is 4. The van der Waals surface area contributed by atoms with Gasteiger partial charge in [0.15, 0.2) is 11.6 Å². The van der Waals surface area contributed by atoms with Gasteiger partial charge >= 0.3 is 6.18 Å². The highest BCUT2D eigenvalue weighted by Gasteiger charge is 2.41. The maximum atomic E-state index is 15.1. The largest absolute Gasteiger partial charge is 0.503 e. The van der Waals surface area contributed by atoms with Crippen molar-refractivity contribution in [2.75, 3.05) is 25.4 Å². The van der Waals surface area contributed by atoms with Crippen molar-refractivity contribution < 1.29 is 32.3 Å². The normalized spacial score (nSPS) is 18.6. The zero-order valence-corrected chi connectivity index (χ0v) is 21.8. The van der Waals surface area contributed by atoms with Crippen molar-refractivity contribution in [1.82, 2.24) is 24.6 Å². The average molecular weight is 571 g/mol. The first-order chi connectivity index (χ1) is 19.5. The number of carbonyl (C=O) groups excluding carboxylic acids is 2. The molecule has 3 N–H and O–H groups in total. The number of phenolic OH excluding ortho intramolecular Hbond substituents is 1. The number of rotatable bonds is 4. The minimum Gasteiger partial charge on any atom is -0.503 e. The van der Waals surface area contributed by atoms with Crippen LogP contribution in [0.15, 0.2) is 37.1 Å². The summed E-state index contributed by atoms with van der Waals surface area (Å²) in [4.78, 5) is 32.7. The van der Waals surface area contributed by atoms with E-state index in [1.54, 1.807) is 12.1 Å². The van der Waals surface area contributed by atoms with E-state index in [4.69, 9.17) is 10.8 Å². The lowest BCUT2D eigenvalue weighted by Gasteiger charge is -2.38. The Morgan fingerprint density at radius 2 is 1.93 bits per heavy atom. The fraction of sp³-hybridized carbons (Fsp3) is 0.357. The number of hydrogen-bond donors (Lipinski definition) is 2. The molecule has 2 aliphatic heterocycles. The Bertz CT molecular complexity index is 1600. The quantitative estimate of drug-likeness (QED) is 0.363. The third-order valence-corrected chi connectivity index (χ3v) is 7.98. The molecule has 1 aromatic carbocycles. The van der Waals surface area contributed by atoms with Gasteiger partial charge in [0.05, 0.1) is 23.0 Å². The molecule has 1 saturated carbocycles. The SMILES string of the molecule is C=CC(=O)N1CCc2nn(-c3ccc(C4CC4)c(F)c3O)c3c2[C@H](C1)N(C(=O)c1cnc(C(F)(F)F)cc1N)CC3. The van der Waals surface area contributed by atoms with Crippen molar-refractivity contribution in [3.63, 3.8) is 0 Å². The fourth-order valence-electron chi connectivity index (χ4n) is 5.78. The van der Waals surface area contributed by atoms with E-state index in [1.165, 1.54) is 20.6 Å². The van der Waals surface area contributed by atoms with Crippen LogP contribution in [-0.2, 0) is 23.8 Å². The van der Waals surface area contributed by atoms with E-state index >= 15 is 4.39 Å². The lowest BCUT2D eigenvalue weighted by Crippen LogP contribution is -2.46. The summed E-state index contributed by atoms with van der Waals surface area (Å²) in [6.07, 6.45) is -0.456. The van der Waals surface area contributed by atoms with E-state index in [1.807, 2.05) is 0 Å². The topological polar surface area (TPSA) is 118 Å². The first-order valence-electron chi connectivity index (χ1n) is 13.2. The molecule has 214 valence electrons. The van der Waals surface area contributed by atoms with E-state index in [2.05, 4.69) is 11.6 Å². The van der Waals surface area contributed by atoms with Gasteiger partial charge in [0.25, 0.3) is 5.91 Å². The van der Waals surface area contributed by atoms with Crippen LogP contribution in [0.2, 0.25) is 0 Å². The Hall–Kier alpha value is -4.42. The molecule has 9 nitrogen and oxygen atoms in total. The Morgan fingerprint density at radius 1 is 1.17 bits per heavy atom. The van der Waals surface area contributed by atoms with Gasteiger partial charge in [0.1, 0.15) is 11.4 Å². The van der Waals surface area contributed by atoms with Crippen molar-refractivity contribution >= 4 is 17.5 Å². The van der Waals surface area contributed by atoms with Gasteiger partial charge in [-0.1, -0.05) is 12.6 Å². The van der Waals surface area contributed by atoms with E-state index in [-0.39, 0.29) is 54.8 Å². The van der Waals surface area contributed by atoms with Gasteiger partial charge in [-0.3, -0.25) is 14.6 Å². The van der Waals surface area contributed by atoms with Crippen LogP contribution in [0.25, 0.3) is 5.69 Å². The van der Waals surface area contributed by atoms with Crippen molar-refractivity contribution in [2.24, 2.45) is 0 Å². The lowest BCUT2D eigenvalue weighted by atomic mass is 9.94. The molecule has 0 unspecified atom stereocenters. The van der Waals surface area contributed by atoms with Crippen LogP contribution in [0.4, 0.5) is 23.2 Å². The van der Waals surface area contributed by atoms with E-state index in [0.29, 0.717) is 35.0 Å². The van der Waals surface area contributed by atoms with Crippen molar-refractivity contribution in [3.05, 3.63) is 76.6 Å². The zero-order valence-electron chi connectivity index (χ0n) is 21.8. The molecule has 3 aromatic rings. The van der Waals surface area contributed by atoms with E-state index in [9.17, 15) is 27.9 Å². The van der Waals surface area contributed by atoms with E-state index in [0.717, 1.165) is 19.0 Å². The summed E-state index contributed by atoms with van der Waals surface area (Å²) in [6, 6.07) is 3.17. The number of hydrogen-bond acceptors (Lipinski definition) is 6. The van der Waals surface area contributed by atoms with Crippen LogP contribution < -0.4 is 5.73 Å². The molecule has 2 aromatic heterocycles. The summed E-state index contributed by atoms with van der Waals surface area (Å²) in [5.74, 6) is -2.10. The number of carbonyl (C=O) groups is 2. The van der Waals surface area contributed by atoms with Crippen LogP contribution in [0.1, 0.15) is 63.4 Å². The molecule has 1 atom stereocenters. The Balaban J connectivity index is 1.43. The Morgan fingerprint density at radius 3 is 2.59 bits per heavy atom. The molecule has 0 saturated heterocycles. The minimum absolute atomic E-state index is 0.0667. The second kappa shape index (κ2) is 9.60. The zero-order chi connectivity index (χ0) is 29.2. The van der Waals surface area contributed by atoms with E-state index < -0.39 is 35.4 Å². The molecular formula is C28H26F4N6O3. The molecule has 2 amide bonds. The van der Waals surface area contributed by atoms with Crippen LogP contribution in [0, 0.1) is 5.82 Å². The number of nitrogen functional groups attached to an aromatic ring is 1. The van der Waals surface area contributed by atoms with Gasteiger partial charge in [0, 0.05) is 49.9 Å². The van der Waals surface area contributed by atoms with Gasteiger partial charge in [-0.05, 0) is 42.5 Å². The minimum atomic E-state index is -4.73. The Labute approximate surface area is 231 Å². The number of amides is 2. The number of anilines is 1. The van der Waals surface area contributed by atoms with Crippen LogP contribution in [0.5, 0.6) is 5.75 Å². The first-order valence-corrected chi connectivity index (χ1v) is 13.2. The molecule has 6 rings (SSSR count). The monoisotopic (exact) mass is 570 g/mol. The molecule has 0 radical (unpaired) electrons. The average Bonchev–Trinajstić information content (AvgIpc) is 3.74. The molecule has 13 heteroatoms. The maximum Gasteiger partial charge on any atom is 0.433 e. The highest BCUT2D eigenvalue weighted by atomic mass is 19.4. The number of nitrogens with two attached hydrogens (primary N) is 1. The second-order valence-corrected chi connectivity index (χ2v) is 10.5. The number of aromatic hydroxyl groups is 1. The smallest absolute Gasteiger partial charge is 0.433 e. The number of alkyl halides is 3. The summed E-state index contributed by atoms with van der Waals surface area (Å²) >= 11 is 0. The predicted octanol–water partition coefficient (Wildman–Crippen LogP) is 3.90. The molecular weight excluding hydrogens is 544 g/mol. The number of aromatic nitrogens is 3. The van der Waals surface area contributed by atoms with Crippen molar-refractivity contribution in [2.45, 2.75) is 43.8 Å². The van der Waals surface area contributed by atoms with Gasteiger partial charge in [-0.2, -0.15) is 18.3 Å². The summed E-state index contributed by atoms with van der Waals surface area (Å²) in [7, 11) is 0. The van der Waals surface area contributed by atoms with Gasteiger partial charge in [-0.15, -0.1) is 0 Å². The molecule has 0 bridgehead atoms. The molecule has 4 heterocycles. The third kappa shape index (κ3) is 4.49. The predicted molar refractivity (Wildman–Crippen MR) is 139 cm³/mol. The molecule has 0 spiro atoms. The number of pyridine rings is 1. The number of nitrogens with zero attached hydrogens (tertiary/aromatic N) is 5. The second-order valence-electron chi connectivity index (χ2n) is 10.5. The van der Waals surface area contributed by atoms with Crippen LogP contribution >= 0.6 is 0 Å². The molecule has 1 fully saturated rings. The van der Waals surface area contributed by atoms with Crippen molar-refractivity contribution in [3.8, 4) is 11.4 Å². The number of phenols is 1. The third-order valence-electron chi connectivity index (χ3n) is 7.98. The number of benzene rings is 1. The summed E-state index contributed by atoms with van der Waals surface area (Å²) in [5, 5.41) is 15.5. The van der Waals surface area contributed by atoms with Crippen LogP contribution in [0.3, 0.4) is 0 Å². The van der Waals surface area contributed by atoms with Gasteiger partial charge in [-0.25, -0.2) is 9.07 Å². The maximum absolute atomic E-state index is 15.1. The molecule has 3 aliphatic rings. The molecule has 1 aliphatic carbocycles. The first kappa shape index (κ1) is 26.8. The molecule has 41 heavy (non-hydrogen) atoms. The summed E-state index contributed by atoms with van der Waals surface area (Å²) < 4.78 is 56.0. The highest BCUT2D eigenvalue weighted by molar-refractivity contribution is 5.99. The van der Waals surface area contributed by atoms with Gasteiger partial charge in [0.2, 0.25) is 5.91 Å². The van der Waals surface area contributed by atoms with Crippen molar-refractivity contribution in [1.29, 1.82) is 0 Å². The van der Waals surface area contributed by atoms with Gasteiger partial charge < -0.3 is 20.6 Å².